The first-order valence-electron chi connectivity index (χ1n) is 11.1. The van der Waals surface area contributed by atoms with Crippen molar-refractivity contribution in [3.8, 4) is 0 Å². The van der Waals surface area contributed by atoms with Crippen molar-refractivity contribution in [3.05, 3.63) is 64.7 Å². The number of carboxylic acids is 1. The first kappa shape index (κ1) is 23.5. The highest BCUT2D eigenvalue weighted by Crippen LogP contribution is 2.45. The van der Waals surface area contributed by atoms with Crippen LogP contribution in [0.3, 0.4) is 0 Å². The molecule has 3 rings (SSSR count). The number of fused-ring (bicyclic) bond motifs is 1. The van der Waals surface area contributed by atoms with Gasteiger partial charge in [-0.1, -0.05) is 51.9 Å². The normalized spacial score (nSPS) is 16.7. The molecule has 6 nitrogen and oxygen atoms in total. The predicted molar refractivity (Wildman–Crippen MR) is 127 cm³/mol. The van der Waals surface area contributed by atoms with Gasteiger partial charge in [-0.15, -0.1) is 0 Å². The number of rotatable bonds is 7. The minimum atomic E-state index is -1.02. The summed E-state index contributed by atoms with van der Waals surface area (Å²) < 4.78 is 0. The smallest absolute Gasteiger partial charge is 0.335 e. The maximum Gasteiger partial charge on any atom is 0.335 e. The maximum absolute atomic E-state index is 13.1. The highest BCUT2D eigenvalue weighted by molar-refractivity contribution is 6.48. The van der Waals surface area contributed by atoms with Crippen LogP contribution in [-0.4, -0.2) is 29.3 Å². The minimum Gasteiger partial charge on any atom is -0.478 e. The molecule has 6 heteroatoms. The Morgan fingerprint density at radius 3 is 2.16 bits per heavy atom. The number of hydrogen-bond donors (Lipinski definition) is 2. The molecule has 0 spiro atoms. The van der Waals surface area contributed by atoms with Crippen LogP contribution in [0.4, 0.5) is 5.69 Å². The molecule has 0 aromatic heterocycles. The highest BCUT2D eigenvalue weighted by atomic mass is 16.6. The second kappa shape index (κ2) is 9.15. The van der Waals surface area contributed by atoms with Gasteiger partial charge in [0.25, 0.3) is 5.91 Å². The molecule has 2 aromatic rings. The van der Waals surface area contributed by atoms with E-state index < -0.39 is 11.9 Å². The van der Waals surface area contributed by atoms with E-state index in [4.69, 9.17) is 9.94 Å². The van der Waals surface area contributed by atoms with E-state index >= 15 is 0 Å². The Morgan fingerprint density at radius 1 is 0.969 bits per heavy atom. The Morgan fingerprint density at radius 2 is 1.56 bits per heavy atom. The Hall–Kier alpha value is -3.15. The Kier molecular flexibility index (Phi) is 6.72. The Balaban J connectivity index is 1.96. The van der Waals surface area contributed by atoms with E-state index in [2.05, 4.69) is 50.3 Å². The summed E-state index contributed by atoms with van der Waals surface area (Å²) in [7, 11) is 0. The zero-order chi connectivity index (χ0) is 23.5. The molecule has 1 aliphatic carbocycles. The number of nitrogens with zero attached hydrogens (tertiary/aromatic N) is 1. The molecule has 0 aliphatic heterocycles. The fourth-order valence-corrected chi connectivity index (χ4v) is 4.05. The van der Waals surface area contributed by atoms with E-state index in [0.717, 1.165) is 19.3 Å². The standard InChI is InChI=1S/C26H32N2O4/c1-6-15-32-28-22(23(29)27-19-10-7-17(8-11-19)24(30)31)18-9-12-20-21(16-18)26(4,5)14-13-25(20,2)3/h7-12,16H,6,13-15H2,1-5H3,(H,27,29)(H,30,31)/b28-22+. The average Bonchev–Trinajstić information content (AvgIpc) is 2.75. The number of oxime groups is 1. The van der Waals surface area contributed by atoms with Crippen LogP contribution in [0.15, 0.2) is 47.6 Å². The number of amides is 1. The maximum atomic E-state index is 13.1. The van der Waals surface area contributed by atoms with E-state index in [1.54, 1.807) is 12.1 Å². The summed E-state index contributed by atoms with van der Waals surface area (Å²) in [5, 5.41) is 16.0. The highest BCUT2D eigenvalue weighted by Gasteiger charge is 2.37. The summed E-state index contributed by atoms with van der Waals surface area (Å²) in [6.07, 6.45) is 2.96. The van der Waals surface area contributed by atoms with Crippen LogP contribution in [0, 0.1) is 0 Å². The number of carbonyl (C=O) groups is 2. The lowest BCUT2D eigenvalue weighted by Gasteiger charge is -2.42. The third-order valence-electron chi connectivity index (χ3n) is 6.18. The third-order valence-corrected chi connectivity index (χ3v) is 6.18. The lowest BCUT2D eigenvalue weighted by Crippen LogP contribution is -2.34. The number of hydrogen-bond acceptors (Lipinski definition) is 4. The van der Waals surface area contributed by atoms with Gasteiger partial charge in [0.1, 0.15) is 6.61 Å². The van der Waals surface area contributed by atoms with Crippen molar-refractivity contribution in [1.29, 1.82) is 0 Å². The SMILES string of the molecule is CCCO/N=C(/C(=O)Nc1ccc(C(=O)O)cc1)c1ccc2c(c1)C(C)(C)CCC2(C)C. The summed E-state index contributed by atoms with van der Waals surface area (Å²) in [5.41, 5.74) is 4.15. The topological polar surface area (TPSA) is 88.0 Å². The van der Waals surface area contributed by atoms with Crippen LogP contribution < -0.4 is 5.32 Å². The quantitative estimate of drug-likeness (QED) is 0.341. The lowest BCUT2D eigenvalue weighted by molar-refractivity contribution is -0.110. The second-order valence-electron chi connectivity index (χ2n) is 9.64. The van der Waals surface area contributed by atoms with Gasteiger partial charge in [-0.3, -0.25) is 4.79 Å². The first-order valence-corrected chi connectivity index (χ1v) is 11.1. The molecular weight excluding hydrogens is 404 g/mol. The van der Waals surface area contributed by atoms with Crippen LogP contribution >= 0.6 is 0 Å². The number of benzene rings is 2. The lowest BCUT2D eigenvalue weighted by atomic mass is 9.63. The van der Waals surface area contributed by atoms with E-state index in [1.165, 1.54) is 23.3 Å². The minimum absolute atomic E-state index is 0.000607. The van der Waals surface area contributed by atoms with Gasteiger partial charge in [0.05, 0.1) is 5.56 Å². The van der Waals surface area contributed by atoms with Crippen LogP contribution in [-0.2, 0) is 20.5 Å². The monoisotopic (exact) mass is 436 g/mol. The fraction of sp³-hybridized carbons (Fsp3) is 0.423. The molecule has 0 saturated heterocycles. The summed E-state index contributed by atoms with van der Waals surface area (Å²) in [4.78, 5) is 29.6. The van der Waals surface area contributed by atoms with Gasteiger partial charge in [0.2, 0.25) is 0 Å². The van der Waals surface area contributed by atoms with Crippen molar-refractivity contribution in [1.82, 2.24) is 0 Å². The first-order chi connectivity index (χ1) is 15.0. The molecule has 0 atom stereocenters. The zero-order valence-electron chi connectivity index (χ0n) is 19.5. The molecule has 0 unspecified atom stereocenters. The molecule has 170 valence electrons. The van der Waals surface area contributed by atoms with Crippen LogP contribution in [0.25, 0.3) is 0 Å². The van der Waals surface area contributed by atoms with Gasteiger partial charge < -0.3 is 15.3 Å². The van der Waals surface area contributed by atoms with Gasteiger partial charge in [-0.2, -0.15) is 0 Å². The van der Waals surface area contributed by atoms with Crippen molar-refractivity contribution in [2.75, 3.05) is 11.9 Å². The van der Waals surface area contributed by atoms with Crippen LogP contribution in [0.2, 0.25) is 0 Å². The number of aromatic carboxylic acids is 1. The van der Waals surface area contributed by atoms with Crippen molar-refractivity contribution in [2.24, 2.45) is 5.16 Å². The largest absolute Gasteiger partial charge is 0.478 e. The Bertz CT molecular complexity index is 1040. The molecule has 0 saturated carbocycles. The molecule has 2 aromatic carbocycles. The van der Waals surface area contributed by atoms with Gasteiger partial charge in [-0.25, -0.2) is 4.79 Å². The summed E-state index contributed by atoms with van der Waals surface area (Å²) in [6, 6.07) is 12.1. The number of nitrogens with one attached hydrogen (secondary N) is 1. The summed E-state index contributed by atoms with van der Waals surface area (Å²) in [6.45, 7) is 11.4. The molecule has 0 fully saturated rings. The van der Waals surface area contributed by atoms with Gasteiger partial charge in [-0.05, 0) is 71.6 Å². The van der Waals surface area contributed by atoms with Crippen LogP contribution in [0.5, 0.6) is 0 Å². The summed E-state index contributed by atoms with van der Waals surface area (Å²) >= 11 is 0. The fourth-order valence-electron chi connectivity index (χ4n) is 4.05. The molecule has 32 heavy (non-hydrogen) atoms. The molecule has 0 bridgehead atoms. The van der Waals surface area contributed by atoms with E-state index in [1.807, 2.05) is 13.0 Å². The van der Waals surface area contributed by atoms with Crippen molar-refractivity contribution in [3.63, 3.8) is 0 Å². The van der Waals surface area contributed by atoms with Crippen molar-refractivity contribution >= 4 is 23.3 Å². The van der Waals surface area contributed by atoms with E-state index in [0.29, 0.717) is 17.9 Å². The Labute approximate surface area is 189 Å². The third kappa shape index (κ3) is 5.01. The van der Waals surface area contributed by atoms with Gasteiger partial charge >= 0.3 is 5.97 Å². The molecule has 1 aliphatic rings. The molecule has 2 N–H and O–H groups in total. The van der Waals surface area contributed by atoms with Crippen molar-refractivity contribution in [2.45, 2.75) is 64.7 Å². The van der Waals surface area contributed by atoms with E-state index in [9.17, 15) is 9.59 Å². The van der Waals surface area contributed by atoms with Crippen LogP contribution in [0.1, 0.15) is 80.9 Å². The van der Waals surface area contributed by atoms with Gasteiger partial charge in [0.15, 0.2) is 5.71 Å². The molecule has 1 amide bonds. The number of carboxylic acid groups (broad SMARTS) is 1. The second-order valence-corrected chi connectivity index (χ2v) is 9.64. The van der Waals surface area contributed by atoms with E-state index in [-0.39, 0.29) is 22.1 Å². The number of carbonyl (C=O) groups excluding carboxylic acids is 1. The zero-order valence-corrected chi connectivity index (χ0v) is 19.5. The average molecular weight is 437 g/mol. The number of anilines is 1. The van der Waals surface area contributed by atoms with Gasteiger partial charge in [0, 0.05) is 11.3 Å². The van der Waals surface area contributed by atoms with Crippen molar-refractivity contribution < 1.29 is 19.5 Å². The predicted octanol–water partition coefficient (Wildman–Crippen LogP) is 5.50. The molecular formula is C26H32N2O4. The molecule has 0 heterocycles. The molecule has 0 radical (unpaired) electrons. The summed E-state index contributed by atoms with van der Waals surface area (Å²) in [5.74, 6) is -1.42.